The Bertz CT molecular complexity index is 840. The first-order chi connectivity index (χ1) is 12.8. The van der Waals surface area contributed by atoms with Gasteiger partial charge in [0.2, 0.25) is 0 Å². The molecule has 0 bridgehead atoms. The Morgan fingerprint density at radius 1 is 1.15 bits per heavy atom. The summed E-state index contributed by atoms with van der Waals surface area (Å²) >= 11 is 0. The number of fused-ring (bicyclic) bond motifs is 1. The summed E-state index contributed by atoms with van der Waals surface area (Å²) < 4.78 is 7.45. The van der Waals surface area contributed by atoms with Crippen LogP contribution in [0.15, 0.2) is 61.2 Å². The van der Waals surface area contributed by atoms with E-state index in [-0.39, 0.29) is 0 Å². The first kappa shape index (κ1) is 16.9. The fourth-order valence-corrected chi connectivity index (χ4v) is 3.72. The predicted octanol–water partition coefficient (Wildman–Crippen LogP) is 4.11. The second-order valence-electron chi connectivity index (χ2n) is 6.94. The number of nitrogens with zero attached hydrogens (tertiary/aromatic N) is 2. The molecule has 0 fully saturated rings. The molecule has 26 heavy (non-hydrogen) atoms. The third-order valence-electron chi connectivity index (χ3n) is 5.16. The molecule has 1 aliphatic rings. The molecule has 4 heteroatoms. The lowest BCUT2D eigenvalue weighted by molar-refractivity contribution is 0.410. The van der Waals surface area contributed by atoms with E-state index in [4.69, 9.17) is 4.74 Å². The molecule has 1 atom stereocenters. The lowest BCUT2D eigenvalue weighted by atomic mass is 9.87. The lowest BCUT2D eigenvalue weighted by Gasteiger charge is -2.27. The summed E-state index contributed by atoms with van der Waals surface area (Å²) in [5.41, 5.74) is 5.46. The molecule has 4 nitrogen and oxygen atoms in total. The van der Waals surface area contributed by atoms with Gasteiger partial charge in [-0.05, 0) is 53.6 Å². The van der Waals surface area contributed by atoms with Gasteiger partial charge in [-0.25, -0.2) is 4.98 Å². The number of imidazole rings is 1. The molecule has 0 spiro atoms. The fourth-order valence-electron chi connectivity index (χ4n) is 3.72. The van der Waals surface area contributed by atoms with Crippen LogP contribution in [0, 0.1) is 0 Å². The molecule has 3 aromatic rings. The van der Waals surface area contributed by atoms with Crippen LogP contribution in [0.5, 0.6) is 5.75 Å². The zero-order valence-corrected chi connectivity index (χ0v) is 15.2. The summed E-state index contributed by atoms with van der Waals surface area (Å²) in [4.78, 5) is 4.09. The van der Waals surface area contributed by atoms with Gasteiger partial charge in [0, 0.05) is 31.5 Å². The Morgan fingerprint density at radius 3 is 2.77 bits per heavy atom. The van der Waals surface area contributed by atoms with Crippen LogP contribution in [-0.4, -0.2) is 16.7 Å². The maximum atomic E-state index is 5.37. The van der Waals surface area contributed by atoms with E-state index in [2.05, 4.69) is 57.3 Å². The number of nitrogens with one attached hydrogen (secondary N) is 1. The summed E-state index contributed by atoms with van der Waals surface area (Å²) in [6, 6.07) is 15.8. The van der Waals surface area contributed by atoms with E-state index in [9.17, 15) is 0 Å². The Morgan fingerprint density at radius 2 is 2.00 bits per heavy atom. The molecule has 0 amide bonds. The zero-order chi connectivity index (χ0) is 17.8. The fraction of sp³-hybridized carbons (Fsp3) is 0.318. The van der Waals surface area contributed by atoms with Gasteiger partial charge in [0.25, 0.3) is 0 Å². The number of aromatic nitrogens is 2. The maximum Gasteiger partial charge on any atom is 0.119 e. The Kier molecular flexibility index (Phi) is 5.02. The third kappa shape index (κ3) is 3.81. The molecule has 134 valence electrons. The number of methoxy groups -OCH3 is 1. The van der Waals surface area contributed by atoms with E-state index in [1.807, 2.05) is 18.7 Å². The zero-order valence-electron chi connectivity index (χ0n) is 15.2. The van der Waals surface area contributed by atoms with Gasteiger partial charge >= 0.3 is 0 Å². The molecule has 0 saturated heterocycles. The highest BCUT2D eigenvalue weighted by Crippen LogP contribution is 2.32. The molecule has 0 aliphatic heterocycles. The van der Waals surface area contributed by atoms with Crippen molar-refractivity contribution < 1.29 is 4.74 Å². The van der Waals surface area contributed by atoms with Crippen molar-refractivity contribution in [2.75, 3.05) is 7.11 Å². The predicted molar refractivity (Wildman–Crippen MR) is 103 cm³/mol. The minimum atomic E-state index is 0.426. The van der Waals surface area contributed by atoms with Gasteiger partial charge in [-0.1, -0.05) is 30.3 Å². The second-order valence-corrected chi connectivity index (χ2v) is 6.94. The second kappa shape index (κ2) is 7.75. The minimum Gasteiger partial charge on any atom is -0.497 e. The van der Waals surface area contributed by atoms with E-state index in [1.54, 1.807) is 7.11 Å². The standard InChI is InChI=1S/C22H25N3O/c1-26-20-9-10-21-19(13-20)3-2-4-22(21)24-14-17-5-7-18(8-6-17)15-25-12-11-23-16-25/h5-13,16,22,24H,2-4,14-15H2,1H3/t22-/m0/s1. The van der Waals surface area contributed by atoms with Crippen LogP contribution in [-0.2, 0) is 19.5 Å². The van der Waals surface area contributed by atoms with E-state index < -0.39 is 0 Å². The summed E-state index contributed by atoms with van der Waals surface area (Å²) in [7, 11) is 1.73. The Labute approximate surface area is 154 Å². The van der Waals surface area contributed by atoms with Crippen LogP contribution >= 0.6 is 0 Å². The van der Waals surface area contributed by atoms with Gasteiger partial charge in [0.15, 0.2) is 0 Å². The molecule has 0 unspecified atom stereocenters. The number of hydrogen-bond donors (Lipinski definition) is 1. The van der Waals surface area contributed by atoms with Crippen LogP contribution in [0.3, 0.4) is 0 Å². The van der Waals surface area contributed by atoms with Crippen LogP contribution < -0.4 is 10.1 Å². The number of hydrogen-bond acceptors (Lipinski definition) is 3. The van der Waals surface area contributed by atoms with E-state index in [0.29, 0.717) is 6.04 Å². The molecule has 2 aromatic carbocycles. The maximum absolute atomic E-state index is 5.37. The van der Waals surface area contributed by atoms with Crippen molar-refractivity contribution >= 4 is 0 Å². The van der Waals surface area contributed by atoms with Crippen molar-refractivity contribution in [2.24, 2.45) is 0 Å². The van der Waals surface area contributed by atoms with Crippen molar-refractivity contribution in [2.45, 2.75) is 38.4 Å². The number of ether oxygens (including phenoxy) is 1. The Hall–Kier alpha value is -2.59. The third-order valence-corrected chi connectivity index (χ3v) is 5.16. The van der Waals surface area contributed by atoms with Gasteiger partial charge in [0.05, 0.1) is 13.4 Å². The number of aryl methyl sites for hydroxylation is 1. The lowest BCUT2D eigenvalue weighted by Crippen LogP contribution is -2.24. The van der Waals surface area contributed by atoms with Crippen molar-refractivity contribution in [1.29, 1.82) is 0 Å². The highest BCUT2D eigenvalue weighted by Gasteiger charge is 2.20. The van der Waals surface area contributed by atoms with Gasteiger partial charge in [-0.15, -0.1) is 0 Å². The molecule has 1 heterocycles. The van der Waals surface area contributed by atoms with Crippen molar-refractivity contribution in [3.05, 3.63) is 83.4 Å². The van der Waals surface area contributed by atoms with Gasteiger partial charge in [-0.2, -0.15) is 0 Å². The minimum absolute atomic E-state index is 0.426. The highest BCUT2D eigenvalue weighted by molar-refractivity contribution is 5.39. The smallest absolute Gasteiger partial charge is 0.119 e. The SMILES string of the molecule is COc1ccc2c(c1)CCC[C@@H]2NCc1ccc(Cn2ccnc2)cc1. The largest absolute Gasteiger partial charge is 0.497 e. The molecule has 1 N–H and O–H groups in total. The highest BCUT2D eigenvalue weighted by atomic mass is 16.5. The van der Waals surface area contributed by atoms with E-state index in [1.165, 1.54) is 35.1 Å². The average Bonchev–Trinajstić information content (AvgIpc) is 3.20. The normalized spacial score (nSPS) is 16.3. The first-order valence-corrected chi connectivity index (χ1v) is 9.25. The van der Waals surface area contributed by atoms with Gasteiger partial charge in [0.1, 0.15) is 5.75 Å². The summed E-state index contributed by atoms with van der Waals surface area (Å²) in [6.07, 6.45) is 9.22. The summed E-state index contributed by atoms with van der Waals surface area (Å²) in [6.45, 7) is 1.76. The quantitative estimate of drug-likeness (QED) is 0.729. The molecular weight excluding hydrogens is 322 g/mol. The van der Waals surface area contributed by atoms with E-state index in [0.717, 1.165) is 25.3 Å². The Balaban J connectivity index is 1.39. The van der Waals surface area contributed by atoms with Gasteiger partial charge < -0.3 is 14.6 Å². The summed E-state index contributed by atoms with van der Waals surface area (Å²) in [5, 5.41) is 3.74. The molecule has 4 rings (SSSR count). The van der Waals surface area contributed by atoms with Crippen molar-refractivity contribution in [3.63, 3.8) is 0 Å². The summed E-state index contributed by atoms with van der Waals surface area (Å²) in [5.74, 6) is 0.956. The van der Waals surface area contributed by atoms with E-state index >= 15 is 0 Å². The number of rotatable bonds is 6. The van der Waals surface area contributed by atoms with Crippen molar-refractivity contribution in [3.8, 4) is 5.75 Å². The molecule has 1 aromatic heterocycles. The molecule has 1 aliphatic carbocycles. The monoisotopic (exact) mass is 347 g/mol. The average molecular weight is 347 g/mol. The number of benzene rings is 2. The van der Waals surface area contributed by atoms with Crippen LogP contribution in [0.25, 0.3) is 0 Å². The van der Waals surface area contributed by atoms with Gasteiger partial charge in [-0.3, -0.25) is 0 Å². The van der Waals surface area contributed by atoms with Crippen LogP contribution in [0.1, 0.15) is 41.1 Å². The topological polar surface area (TPSA) is 39.1 Å². The first-order valence-electron chi connectivity index (χ1n) is 9.25. The molecular formula is C22H25N3O. The van der Waals surface area contributed by atoms with Crippen LogP contribution in [0.2, 0.25) is 0 Å². The van der Waals surface area contributed by atoms with Crippen LogP contribution in [0.4, 0.5) is 0 Å². The van der Waals surface area contributed by atoms with Crippen molar-refractivity contribution in [1.82, 2.24) is 14.9 Å². The molecule has 0 saturated carbocycles. The molecule has 0 radical (unpaired) electrons.